The van der Waals surface area contributed by atoms with Crippen molar-refractivity contribution in [2.45, 2.75) is 0 Å². The van der Waals surface area contributed by atoms with Crippen molar-refractivity contribution < 1.29 is 9.90 Å². The third-order valence-corrected chi connectivity index (χ3v) is 4.18. The molecule has 0 aliphatic carbocycles. The Morgan fingerprint density at radius 1 is 1.19 bits per heavy atom. The van der Waals surface area contributed by atoms with Crippen molar-refractivity contribution in [3.8, 4) is 5.75 Å². The van der Waals surface area contributed by atoms with E-state index in [0.717, 1.165) is 11.3 Å². The van der Waals surface area contributed by atoms with Gasteiger partial charge in [-0.3, -0.25) is 4.79 Å². The summed E-state index contributed by atoms with van der Waals surface area (Å²) >= 11 is 6.90. The van der Waals surface area contributed by atoms with Gasteiger partial charge in [-0.2, -0.15) is 0 Å². The highest BCUT2D eigenvalue weighted by molar-refractivity contribution is 14.1. The molecule has 0 spiro atoms. The van der Waals surface area contributed by atoms with E-state index in [-0.39, 0.29) is 11.7 Å². The maximum absolute atomic E-state index is 12.4. The first-order valence-electron chi connectivity index (χ1n) is 6.06. The Morgan fingerprint density at radius 2 is 1.76 bits per heavy atom. The van der Waals surface area contributed by atoms with E-state index in [2.05, 4.69) is 0 Å². The van der Waals surface area contributed by atoms with Crippen LogP contribution in [0.5, 0.6) is 5.75 Å². The van der Waals surface area contributed by atoms with Crippen molar-refractivity contribution in [2.24, 2.45) is 5.73 Å². The van der Waals surface area contributed by atoms with Gasteiger partial charge in [0.05, 0.1) is 3.57 Å². The zero-order valence-corrected chi connectivity index (χ0v) is 14.2. The van der Waals surface area contributed by atoms with E-state index in [1.165, 1.54) is 11.0 Å². The van der Waals surface area contributed by atoms with Gasteiger partial charge in [-0.15, -0.1) is 0 Å². The highest BCUT2D eigenvalue weighted by atomic mass is 127. The van der Waals surface area contributed by atoms with Gasteiger partial charge in [-0.05, 0) is 65.1 Å². The number of hydrogen-bond acceptors (Lipinski definition) is 3. The number of thiocarbonyl (C=S) groups is 1. The molecule has 6 heteroatoms. The standard InChI is InChI=1S/C15H13IN2O2S/c1-18(11-5-2-9(3-6-11)14(17)21)15(20)10-4-7-12(16)13(19)8-10/h2-8,19H,1H3,(H2,17,21). The van der Waals surface area contributed by atoms with Crippen LogP contribution in [0.1, 0.15) is 15.9 Å². The number of nitrogens with zero attached hydrogens (tertiary/aromatic N) is 1. The van der Waals surface area contributed by atoms with Crippen LogP contribution in [0.4, 0.5) is 5.69 Å². The molecule has 0 aromatic heterocycles. The first-order chi connectivity index (χ1) is 9.90. The van der Waals surface area contributed by atoms with Gasteiger partial charge in [0.15, 0.2) is 0 Å². The van der Waals surface area contributed by atoms with Gasteiger partial charge in [-0.1, -0.05) is 12.2 Å². The number of anilines is 1. The van der Waals surface area contributed by atoms with Crippen LogP contribution in [0.3, 0.4) is 0 Å². The fraction of sp³-hybridized carbons (Fsp3) is 0.0667. The molecule has 0 saturated carbocycles. The summed E-state index contributed by atoms with van der Waals surface area (Å²) in [6.45, 7) is 0. The third-order valence-electron chi connectivity index (χ3n) is 3.04. The predicted octanol–water partition coefficient (Wildman–Crippen LogP) is 2.91. The van der Waals surface area contributed by atoms with E-state index in [1.54, 1.807) is 43.4 Å². The van der Waals surface area contributed by atoms with Crippen molar-refractivity contribution in [2.75, 3.05) is 11.9 Å². The van der Waals surface area contributed by atoms with Crippen LogP contribution in [0.15, 0.2) is 42.5 Å². The number of rotatable bonds is 3. The molecule has 0 aliphatic rings. The largest absolute Gasteiger partial charge is 0.507 e. The summed E-state index contributed by atoms with van der Waals surface area (Å²) in [7, 11) is 1.67. The van der Waals surface area contributed by atoms with Crippen LogP contribution in [-0.4, -0.2) is 23.0 Å². The summed E-state index contributed by atoms with van der Waals surface area (Å²) in [6, 6.07) is 11.9. The number of phenols is 1. The molecule has 0 aliphatic heterocycles. The molecular weight excluding hydrogens is 399 g/mol. The first kappa shape index (κ1) is 15.7. The van der Waals surface area contributed by atoms with Gasteiger partial charge in [0.2, 0.25) is 0 Å². The lowest BCUT2D eigenvalue weighted by molar-refractivity contribution is 0.0992. The number of aromatic hydroxyl groups is 1. The van der Waals surface area contributed by atoms with Gasteiger partial charge in [0.1, 0.15) is 10.7 Å². The minimum absolute atomic E-state index is 0.0960. The van der Waals surface area contributed by atoms with E-state index >= 15 is 0 Å². The summed E-state index contributed by atoms with van der Waals surface area (Å²) in [4.78, 5) is 14.2. The lowest BCUT2D eigenvalue weighted by Gasteiger charge is -2.18. The van der Waals surface area contributed by atoms with Gasteiger partial charge in [0.25, 0.3) is 5.91 Å². The lowest BCUT2D eigenvalue weighted by atomic mass is 10.1. The second kappa shape index (κ2) is 6.40. The first-order valence-corrected chi connectivity index (χ1v) is 7.55. The van der Waals surface area contributed by atoms with Gasteiger partial charge >= 0.3 is 0 Å². The molecule has 21 heavy (non-hydrogen) atoms. The zero-order valence-electron chi connectivity index (χ0n) is 11.2. The number of carbonyl (C=O) groups excluding carboxylic acids is 1. The number of halogens is 1. The Bertz CT molecular complexity index is 701. The molecule has 0 saturated heterocycles. The average Bonchev–Trinajstić information content (AvgIpc) is 2.48. The van der Waals surface area contributed by atoms with E-state index in [4.69, 9.17) is 18.0 Å². The lowest BCUT2D eigenvalue weighted by Crippen LogP contribution is -2.26. The molecule has 0 radical (unpaired) electrons. The normalized spacial score (nSPS) is 10.2. The molecule has 108 valence electrons. The molecule has 0 fully saturated rings. The number of phenolic OH excluding ortho intramolecular Hbond substituents is 1. The number of hydrogen-bond donors (Lipinski definition) is 2. The minimum Gasteiger partial charge on any atom is -0.507 e. The summed E-state index contributed by atoms with van der Waals surface area (Å²) in [5.41, 5.74) is 7.44. The van der Waals surface area contributed by atoms with Crippen LogP contribution >= 0.6 is 34.8 Å². The second-order valence-corrected chi connectivity index (χ2v) is 6.04. The summed E-state index contributed by atoms with van der Waals surface area (Å²) in [5.74, 6) is -0.108. The van der Waals surface area contributed by atoms with Crippen molar-refractivity contribution in [1.82, 2.24) is 0 Å². The van der Waals surface area contributed by atoms with E-state index in [9.17, 15) is 9.90 Å². The van der Waals surface area contributed by atoms with Crippen LogP contribution in [0.2, 0.25) is 0 Å². The highest BCUT2D eigenvalue weighted by Gasteiger charge is 2.15. The summed E-state index contributed by atoms with van der Waals surface area (Å²) < 4.78 is 0.701. The van der Waals surface area contributed by atoms with E-state index < -0.39 is 0 Å². The predicted molar refractivity (Wildman–Crippen MR) is 95.9 cm³/mol. The van der Waals surface area contributed by atoms with Gasteiger partial charge in [-0.25, -0.2) is 0 Å². The zero-order chi connectivity index (χ0) is 15.6. The molecule has 2 aromatic carbocycles. The highest BCUT2D eigenvalue weighted by Crippen LogP contribution is 2.23. The maximum atomic E-state index is 12.4. The molecule has 0 heterocycles. The van der Waals surface area contributed by atoms with Crippen LogP contribution < -0.4 is 10.6 Å². The average molecular weight is 412 g/mol. The molecular formula is C15H13IN2O2S. The van der Waals surface area contributed by atoms with Crippen molar-refractivity contribution in [3.05, 3.63) is 57.2 Å². The minimum atomic E-state index is -0.204. The second-order valence-electron chi connectivity index (χ2n) is 4.44. The molecule has 2 rings (SSSR count). The molecule has 4 nitrogen and oxygen atoms in total. The Kier molecular flexibility index (Phi) is 4.79. The SMILES string of the molecule is CN(C(=O)c1ccc(I)c(O)c1)c1ccc(C(N)=S)cc1. The smallest absolute Gasteiger partial charge is 0.258 e. The van der Waals surface area contributed by atoms with Crippen molar-refractivity contribution in [1.29, 1.82) is 0 Å². The van der Waals surface area contributed by atoms with Gasteiger partial charge in [0, 0.05) is 23.9 Å². The Hall–Kier alpha value is -1.67. The fourth-order valence-electron chi connectivity index (χ4n) is 1.81. The summed E-state index contributed by atoms with van der Waals surface area (Å²) in [6.07, 6.45) is 0. The summed E-state index contributed by atoms with van der Waals surface area (Å²) in [5, 5.41) is 9.69. The van der Waals surface area contributed by atoms with E-state index in [0.29, 0.717) is 14.1 Å². The quantitative estimate of drug-likeness (QED) is 0.601. The van der Waals surface area contributed by atoms with Crippen LogP contribution in [0, 0.1) is 3.57 Å². The Balaban J connectivity index is 2.25. The number of carbonyl (C=O) groups is 1. The van der Waals surface area contributed by atoms with Crippen LogP contribution in [-0.2, 0) is 0 Å². The number of nitrogens with two attached hydrogens (primary N) is 1. The van der Waals surface area contributed by atoms with E-state index in [1.807, 2.05) is 22.6 Å². The Labute approximate surface area is 141 Å². The monoisotopic (exact) mass is 412 g/mol. The molecule has 2 aromatic rings. The maximum Gasteiger partial charge on any atom is 0.258 e. The molecule has 1 amide bonds. The van der Waals surface area contributed by atoms with Crippen LogP contribution in [0.25, 0.3) is 0 Å². The number of benzene rings is 2. The fourth-order valence-corrected chi connectivity index (χ4v) is 2.28. The van der Waals surface area contributed by atoms with Crippen molar-refractivity contribution >= 4 is 51.4 Å². The molecule has 0 bridgehead atoms. The number of amides is 1. The molecule has 3 N–H and O–H groups in total. The van der Waals surface area contributed by atoms with Gasteiger partial charge < -0.3 is 15.7 Å². The molecule has 0 unspecified atom stereocenters. The third kappa shape index (κ3) is 3.51. The molecule has 0 atom stereocenters. The Morgan fingerprint density at radius 3 is 2.29 bits per heavy atom. The van der Waals surface area contributed by atoms with Crippen molar-refractivity contribution in [3.63, 3.8) is 0 Å². The topological polar surface area (TPSA) is 66.6 Å².